The molecule has 1 aliphatic rings. The zero-order chi connectivity index (χ0) is 27.0. The molecule has 1 saturated carbocycles. The van der Waals surface area contributed by atoms with Crippen molar-refractivity contribution >= 4 is 23.5 Å². The minimum absolute atomic E-state index is 0. The van der Waals surface area contributed by atoms with Crippen molar-refractivity contribution in [2.24, 2.45) is 4.99 Å². The summed E-state index contributed by atoms with van der Waals surface area (Å²) in [4.78, 5) is 34.7. The van der Waals surface area contributed by atoms with Gasteiger partial charge in [0.25, 0.3) is 0 Å². The third-order valence-corrected chi connectivity index (χ3v) is 6.18. The molecule has 2 atom stereocenters. The third-order valence-electron chi connectivity index (χ3n) is 6.18. The van der Waals surface area contributed by atoms with Gasteiger partial charge in [-0.25, -0.2) is 4.99 Å². The number of aliphatic imine (C=N–C) groups is 1. The molecule has 1 fully saturated rings. The van der Waals surface area contributed by atoms with E-state index in [9.17, 15) is 38.1 Å². The van der Waals surface area contributed by atoms with E-state index < -0.39 is 42.2 Å². The molecular formula is C25H29F3FeN4O5+2. The molecule has 1 aromatic heterocycles. The van der Waals surface area contributed by atoms with Crippen LogP contribution >= 0.6 is 0 Å². The number of halogens is 3. The molecule has 1 aromatic carbocycles. The van der Waals surface area contributed by atoms with Gasteiger partial charge < -0.3 is 15.3 Å². The van der Waals surface area contributed by atoms with Crippen LogP contribution in [0.2, 0.25) is 0 Å². The van der Waals surface area contributed by atoms with E-state index in [0.29, 0.717) is 18.5 Å². The molecule has 1 heterocycles. The van der Waals surface area contributed by atoms with Crippen LogP contribution in [0.3, 0.4) is 0 Å². The van der Waals surface area contributed by atoms with Crippen molar-refractivity contribution in [2.75, 3.05) is 19.6 Å². The largest absolute Gasteiger partial charge is 2.00 e. The Morgan fingerprint density at radius 2 is 1.55 bits per heavy atom. The predicted molar refractivity (Wildman–Crippen MR) is 129 cm³/mol. The van der Waals surface area contributed by atoms with Crippen LogP contribution in [0, 0.1) is 0 Å². The number of carboxylic acids is 2. The third kappa shape index (κ3) is 9.39. The monoisotopic (exact) mass is 578 g/mol. The fraction of sp³-hybridized carbons (Fsp3) is 0.440. The number of hydrogen-bond donors (Lipinski definition) is 3. The van der Waals surface area contributed by atoms with Crippen molar-refractivity contribution in [2.45, 2.75) is 50.5 Å². The first-order valence-corrected chi connectivity index (χ1v) is 11.8. The number of hydrogen-bond acceptors (Lipinski definition) is 6. The molecule has 0 spiro atoms. The van der Waals surface area contributed by atoms with Gasteiger partial charge in [-0.05, 0) is 43.2 Å². The molecule has 9 nitrogen and oxygen atoms in total. The average Bonchev–Trinajstić information content (AvgIpc) is 2.83. The van der Waals surface area contributed by atoms with Gasteiger partial charge in [0.05, 0.1) is 36.6 Å². The Labute approximate surface area is 228 Å². The number of rotatable bonds is 11. The van der Waals surface area contributed by atoms with Gasteiger partial charge in [-0.3, -0.25) is 24.4 Å². The van der Waals surface area contributed by atoms with Crippen molar-refractivity contribution in [1.82, 2.24) is 14.8 Å². The van der Waals surface area contributed by atoms with E-state index in [2.05, 4.69) is 9.98 Å². The van der Waals surface area contributed by atoms with Crippen LogP contribution in [-0.2, 0) is 39.4 Å². The standard InChI is InChI=1S/C25H29F3N4O5.Fe/c26-25(27,28)17-6-5-8-18(12-17)30-22(33)14-32(16-24(36)37)21-10-2-1-9-20(21)31(15-23(34)35)13-19-7-3-4-11-29-19;/h3-8,11-12,20-21H,1-2,9-10,13-16H2,(H,30,33)(H,34,35)(H,36,37);/q;+2/t20-,21?;/m0./s1. The van der Waals surface area contributed by atoms with Crippen LogP contribution in [0.25, 0.3) is 0 Å². The van der Waals surface area contributed by atoms with Crippen molar-refractivity contribution < 1.29 is 55.1 Å². The molecule has 0 saturated heterocycles. The van der Waals surface area contributed by atoms with Gasteiger partial charge >= 0.3 is 35.2 Å². The second-order valence-electron chi connectivity index (χ2n) is 8.91. The summed E-state index contributed by atoms with van der Waals surface area (Å²) in [7, 11) is 0. The topological polar surface area (TPSA) is 127 Å². The Balaban J connectivity index is 0.00000507. The maximum Gasteiger partial charge on any atom is 2.00 e. The van der Waals surface area contributed by atoms with Crippen molar-refractivity contribution in [3.63, 3.8) is 0 Å². The van der Waals surface area contributed by atoms with Gasteiger partial charge in [0.15, 0.2) is 0 Å². The first-order valence-electron chi connectivity index (χ1n) is 11.8. The number of aliphatic hydroxyl groups is 1. The second kappa shape index (κ2) is 14.2. The normalized spacial score (nSPS) is 18.3. The summed E-state index contributed by atoms with van der Waals surface area (Å²) in [5.74, 6) is -2.75. The average molecular weight is 578 g/mol. The molecule has 3 rings (SSSR count). The Bertz CT molecular complexity index is 1100. The number of pyridine rings is 1. The molecule has 1 unspecified atom stereocenters. The van der Waals surface area contributed by atoms with E-state index in [0.717, 1.165) is 25.0 Å². The fourth-order valence-corrected chi connectivity index (χ4v) is 4.69. The van der Waals surface area contributed by atoms with Gasteiger partial charge in [-0.2, -0.15) is 13.2 Å². The van der Waals surface area contributed by atoms with Gasteiger partial charge in [0, 0.05) is 24.8 Å². The van der Waals surface area contributed by atoms with Crippen LogP contribution < -0.4 is 0 Å². The van der Waals surface area contributed by atoms with E-state index >= 15 is 0 Å². The zero-order valence-electron chi connectivity index (χ0n) is 20.4. The molecule has 2 aromatic rings. The number of nitrogens with zero attached hydrogens (tertiary/aromatic N) is 4. The maximum absolute atomic E-state index is 13.0. The molecule has 0 aliphatic heterocycles. The molecule has 0 bridgehead atoms. The minimum Gasteiger partial charge on any atom is -0.495 e. The van der Waals surface area contributed by atoms with E-state index in [1.54, 1.807) is 29.3 Å². The summed E-state index contributed by atoms with van der Waals surface area (Å²) in [6.45, 7) is -0.843. The maximum atomic E-state index is 13.0. The van der Waals surface area contributed by atoms with Gasteiger partial charge in [0.2, 0.25) is 5.90 Å². The number of carboxylic acid groups (broad SMARTS) is 2. The summed E-state index contributed by atoms with van der Waals surface area (Å²) in [6.07, 6.45) is -0.240. The molecule has 0 radical (unpaired) electrons. The summed E-state index contributed by atoms with van der Waals surface area (Å²) in [6, 6.07) is 8.67. The Morgan fingerprint density at radius 3 is 2.13 bits per heavy atom. The number of aliphatic carboxylic acids is 2. The number of aromatic nitrogens is 1. The van der Waals surface area contributed by atoms with Crippen molar-refractivity contribution in [3.8, 4) is 0 Å². The van der Waals surface area contributed by atoms with Crippen molar-refractivity contribution in [1.29, 1.82) is 0 Å². The van der Waals surface area contributed by atoms with E-state index in [1.165, 1.54) is 17.0 Å². The molecule has 1 aliphatic carbocycles. The van der Waals surface area contributed by atoms with Crippen LogP contribution in [0.15, 0.2) is 53.7 Å². The summed E-state index contributed by atoms with van der Waals surface area (Å²) in [5, 5.41) is 29.6. The molecule has 206 valence electrons. The zero-order valence-corrected chi connectivity index (χ0v) is 21.5. The summed E-state index contributed by atoms with van der Waals surface area (Å²) >= 11 is 0. The summed E-state index contributed by atoms with van der Waals surface area (Å²) in [5.41, 5.74) is -0.382. The number of carbonyl (C=O) groups is 2. The quantitative estimate of drug-likeness (QED) is 0.208. The Morgan fingerprint density at radius 1 is 0.921 bits per heavy atom. The molecule has 3 N–H and O–H groups in total. The number of aliphatic hydroxyl groups excluding tert-OH is 1. The Hall–Kier alpha value is -2.99. The van der Waals surface area contributed by atoms with Crippen molar-refractivity contribution in [3.05, 3.63) is 59.9 Å². The van der Waals surface area contributed by atoms with Crippen LogP contribution in [0.5, 0.6) is 0 Å². The second-order valence-corrected chi connectivity index (χ2v) is 8.91. The molecule has 0 amide bonds. The smallest absolute Gasteiger partial charge is 0.495 e. The van der Waals surface area contributed by atoms with Crippen LogP contribution in [-0.4, -0.2) is 79.7 Å². The molecule has 38 heavy (non-hydrogen) atoms. The van der Waals surface area contributed by atoms with E-state index in [-0.39, 0.29) is 48.4 Å². The van der Waals surface area contributed by atoms with Crippen LogP contribution in [0.4, 0.5) is 18.9 Å². The van der Waals surface area contributed by atoms with Gasteiger partial charge in [0.1, 0.15) is 0 Å². The van der Waals surface area contributed by atoms with Gasteiger partial charge in [-0.1, -0.05) is 25.0 Å². The Kier molecular flexibility index (Phi) is 11.7. The SMILES string of the molecule is O=C(O)CN(CC(O)=Nc1cccc(C(F)(F)F)c1)C1CCCC[C@@H]1N(CC(=O)O)Cc1ccccn1.[Fe+2]. The minimum atomic E-state index is -4.58. The van der Waals surface area contributed by atoms with E-state index in [4.69, 9.17) is 0 Å². The first-order chi connectivity index (χ1) is 17.5. The fourth-order valence-electron chi connectivity index (χ4n) is 4.69. The van der Waals surface area contributed by atoms with Gasteiger partial charge in [-0.15, -0.1) is 0 Å². The molecule has 13 heteroatoms. The number of benzene rings is 1. The number of alkyl halides is 3. The summed E-state index contributed by atoms with van der Waals surface area (Å²) < 4.78 is 39.1. The van der Waals surface area contributed by atoms with E-state index in [1.807, 2.05) is 0 Å². The molecular weight excluding hydrogens is 549 g/mol. The first kappa shape index (κ1) is 31.2. The predicted octanol–water partition coefficient (Wildman–Crippen LogP) is 3.97. The van der Waals surface area contributed by atoms with Crippen LogP contribution in [0.1, 0.15) is 36.9 Å².